The number of esters is 1. The van der Waals surface area contributed by atoms with Crippen molar-refractivity contribution in [1.29, 1.82) is 0 Å². The van der Waals surface area contributed by atoms with E-state index in [1.165, 1.54) is 41.0 Å². The zero-order valence-electron chi connectivity index (χ0n) is 17.0. The lowest BCUT2D eigenvalue weighted by molar-refractivity contribution is -0.126. The summed E-state index contributed by atoms with van der Waals surface area (Å²) in [6.07, 6.45) is 0. The van der Waals surface area contributed by atoms with Crippen LogP contribution in [0.3, 0.4) is 0 Å². The maximum atomic E-state index is 13.9. The second-order valence-electron chi connectivity index (χ2n) is 6.94. The highest BCUT2D eigenvalue weighted by atomic mass is 19.1. The molecule has 9 nitrogen and oxygen atoms in total. The number of aromatic nitrogens is 2. The van der Waals surface area contributed by atoms with E-state index in [0.717, 1.165) is 0 Å². The SMILES string of the molecule is CCOC(=O)c1cc2n(n1)CC(C)(C(=O)NCCOC)N(c1cccc(F)c1)C2=O. The largest absolute Gasteiger partial charge is 0.461 e. The molecule has 0 radical (unpaired) electrons. The zero-order chi connectivity index (χ0) is 21.9. The van der Waals surface area contributed by atoms with Crippen molar-refractivity contribution in [1.82, 2.24) is 15.1 Å². The predicted octanol–water partition coefficient (Wildman–Crippen LogP) is 1.38. The molecule has 0 saturated carbocycles. The fourth-order valence-electron chi connectivity index (χ4n) is 3.36. The maximum absolute atomic E-state index is 13.9. The van der Waals surface area contributed by atoms with Gasteiger partial charge in [0.05, 0.1) is 19.8 Å². The molecule has 0 saturated heterocycles. The number of hydrogen-bond acceptors (Lipinski definition) is 6. The Bertz CT molecular complexity index is 976. The van der Waals surface area contributed by atoms with Gasteiger partial charge in [-0.05, 0) is 32.0 Å². The van der Waals surface area contributed by atoms with Crippen LogP contribution in [0.4, 0.5) is 10.1 Å². The average molecular weight is 418 g/mol. The molecule has 2 amide bonds. The molecule has 2 heterocycles. The van der Waals surface area contributed by atoms with E-state index in [0.29, 0.717) is 0 Å². The second-order valence-corrected chi connectivity index (χ2v) is 6.94. The van der Waals surface area contributed by atoms with Gasteiger partial charge in [-0.3, -0.25) is 19.2 Å². The number of carbonyl (C=O) groups is 3. The van der Waals surface area contributed by atoms with Crippen molar-refractivity contribution < 1.29 is 28.2 Å². The van der Waals surface area contributed by atoms with Gasteiger partial charge in [-0.15, -0.1) is 0 Å². The number of hydrogen-bond donors (Lipinski definition) is 1. The van der Waals surface area contributed by atoms with E-state index in [9.17, 15) is 18.8 Å². The second kappa shape index (κ2) is 8.62. The number of nitrogens with one attached hydrogen (secondary N) is 1. The molecule has 1 aromatic heterocycles. The van der Waals surface area contributed by atoms with Gasteiger partial charge >= 0.3 is 5.97 Å². The van der Waals surface area contributed by atoms with E-state index >= 15 is 0 Å². The van der Waals surface area contributed by atoms with Gasteiger partial charge in [-0.25, -0.2) is 9.18 Å². The summed E-state index contributed by atoms with van der Waals surface area (Å²) in [6, 6.07) is 6.74. The monoisotopic (exact) mass is 418 g/mol. The summed E-state index contributed by atoms with van der Waals surface area (Å²) >= 11 is 0. The topological polar surface area (TPSA) is 103 Å². The van der Waals surface area contributed by atoms with Gasteiger partial charge in [0.15, 0.2) is 5.69 Å². The van der Waals surface area contributed by atoms with E-state index in [4.69, 9.17) is 9.47 Å². The van der Waals surface area contributed by atoms with Crippen molar-refractivity contribution in [3.63, 3.8) is 0 Å². The van der Waals surface area contributed by atoms with E-state index in [2.05, 4.69) is 10.4 Å². The number of ether oxygens (including phenoxy) is 2. The minimum Gasteiger partial charge on any atom is -0.461 e. The summed E-state index contributed by atoms with van der Waals surface area (Å²) < 4.78 is 25.1. The first-order valence-corrected chi connectivity index (χ1v) is 9.44. The molecule has 1 aliphatic heterocycles. The fraction of sp³-hybridized carbons (Fsp3) is 0.400. The van der Waals surface area contributed by atoms with Crippen LogP contribution < -0.4 is 10.2 Å². The summed E-state index contributed by atoms with van der Waals surface area (Å²) in [5.41, 5.74) is -1.15. The van der Waals surface area contributed by atoms with Crippen molar-refractivity contribution >= 4 is 23.5 Å². The van der Waals surface area contributed by atoms with E-state index < -0.39 is 29.1 Å². The predicted molar refractivity (Wildman–Crippen MR) is 105 cm³/mol. The van der Waals surface area contributed by atoms with Crippen LogP contribution in [0.2, 0.25) is 0 Å². The number of rotatable bonds is 7. The highest BCUT2D eigenvalue weighted by Crippen LogP contribution is 2.33. The third-order valence-corrected chi connectivity index (χ3v) is 4.79. The lowest BCUT2D eigenvalue weighted by Gasteiger charge is -2.43. The fourth-order valence-corrected chi connectivity index (χ4v) is 3.36. The number of anilines is 1. The highest BCUT2D eigenvalue weighted by Gasteiger charge is 2.49. The van der Waals surface area contributed by atoms with Crippen molar-refractivity contribution in [3.05, 3.63) is 47.5 Å². The molecular formula is C20H23FN4O5. The van der Waals surface area contributed by atoms with Crippen LogP contribution in [0, 0.1) is 5.82 Å². The molecule has 10 heteroatoms. The van der Waals surface area contributed by atoms with Crippen molar-refractivity contribution in [2.45, 2.75) is 25.9 Å². The first-order valence-electron chi connectivity index (χ1n) is 9.44. The molecule has 1 unspecified atom stereocenters. The van der Waals surface area contributed by atoms with Gasteiger partial charge < -0.3 is 14.8 Å². The van der Waals surface area contributed by atoms with Crippen LogP contribution in [-0.4, -0.2) is 60.0 Å². The summed E-state index contributed by atoms with van der Waals surface area (Å²) in [5, 5.41) is 6.88. The van der Waals surface area contributed by atoms with Gasteiger partial charge in [0.25, 0.3) is 5.91 Å². The Morgan fingerprint density at radius 3 is 2.77 bits per heavy atom. The van der Waals surface area contributed by atoms with Crippen molar-refractivity contribution in [2.75, 3.05) is 31.8 Å². The van der Waals surface area contributed by atoms with Crippen LogP contribution in [0.5, 0.6) is 0 Å². The maximum Gasteiger partial charge on any atom is 0.358 e. The standard InChI is InChI=1S/C20H23FN4O5/c1-4-30-18(27)15-11-16-17(26)25(14-7-5-6-13(21)10-14)20(2,12-24(16)23-15)19(28)22-8-9-29-3/h5-7,10-11H,4,8-9,12H2,1-3H3,(H,22,28). The molecule has 0 fully saturated rings. The summed E-state index contributed by atoms with van der Waals surface area (Å²) in [4.78, 5) is 39.7. The quantitative estimate of drug-likeness (QED) is 0.538. The van der Waals surface area contributed by atoms with E-state index in [-0.39, 0.29) is 43.4 Å². The van der Waals surface area contributed by atoms with Gasteiger partial charge in [0.2, 0.25) is 5.91 Å². The molecule has 1 aromatic carbocycles. The molecule has 1 atom stereocenters. The van der Waals surface area contributed by atoms with Crippen LogP contribution in [0.25, 0.3) is 0 Å². The lowest BCUT2D eigenvalue weighted by Crippen LogP contribution is -2.64. The Balaban J connectivity index is 2.06. The number of methoxy groups -OCH3 is 1. The molecule has 30 heavy (non-hydrogen) atoms. The molecule has 3 rings (SSSR count). The first-order chi connectivity index (χ1) is 14.3. The molecule has 0 aliphatic carbocycles. The van der Waals surface area contributed by atoms with Crippen molar-refractivity contribution in [3.8, 4) is 0 Å². The third-order valence-electron chi connectivity index (χ3n) is 4.79. The molecule has 160 valence electrons. The van der Waals surface area contributed by atoms with Crippen LogP contribution >= 0.6 is 0 Å². The van der Waals surface area contributed by atoms with E-state index in [1.807, 2.05) is 0 Å². The minimum atomic E-state index is -1.43. The van der Waals surface area contributed by atoms with Gasteiger partial charge in [0, 0.05) is 25.4 Å². The van der Waals surface area contributed by atoms with Crippen molar-refractivity contribution in [2.24, 2.45) is 0 Å². The minimum absolute atomic E-state index is 0.0385. The summed E-state index contributed by atoms with van der Waals surface area (Å²) in [5.74, 6) is -2.26. The highest BCUT2D eigenvalue weighted by molar-refractivity contribution is 6.12. The van der Waals surface area contributed by atoms with E-state index in [1.54, 1.807) is 19.9 Å². The van der Waals surface area contributed by atoms with Crippen LogP contribution in [0.15, 0.2) is 30.3 Å². The molecule has 0 spiro atoms. The molecule has 1 aliphatic rings. The summed E-state index contributed by atoms with van der Waals surface area (Å²) in [7, 11) is 1.50. The number of fused-ring (bicyclic) bond motifs is 1. The third kappa shape index (κ3) is 3.90. The Hall–Kier alpha value is -3.27. The Morgan fingerprint density at radius 2 is 2.10 bits per heavy atom. The Morgan fingerprint density at radius 1 is 1.33 bits per heavy atom. The molecule has 1 N–H and O–H groups in total. The number of amides is 2. The number of benzene rings is 1. The Labute approximate surface area is 172 Å². The van der Waals surface area contributed by atoms with Crippen LogP contribution in [0.1, 0.15) is 34.8 Å². The lowest BCUT2D eigenvalue weighted by atomic mass is 9.94. The number of halogens is 1. The molecular weight excluding hydrogens is 395 g/mol. The van der Waals surface area contributed by atoms with Gasteiger partial charge in [-0.2, -0.15) is 5.10 Å². The molecule has 2 aromatic rings. The zero-order valence-corrected chi connectivity index (χ0v) is 17.0. The average Bonchev–Trinajstić information content (AvgIpc) is 3.12. The smallest absolute Gasteiger partial charge is 0.358 e. The summed E-state index contributed by atoms with van der Waals surface area (Å²) in [6.45, 7) is 3.86. The number of nitrogens with zero attached hydrogens (tertiary/aromatic N) is 3. The van der Waals surface area contributed by atoms with Crippen LogP contribution in [-0.2, 0) is 20.8 Å². The van der Waals surface area contributed by atoms with Gasteiger partial charge in [-0.1, -0.05) is 6.07 Å². The Kier molecular flexibility index (Phi) is 6.16. The first kappa shape index (κ1) is 21.4. The normalized spacial score (nSPS) is 18.1. The molecule has 0 bridgehead atoms. The number of carbonyl (C=O) groups excluding carboxylic acids is 3. The van der Waals surface area contributed by atoms with Gasteiger partial charge in [0.1, 0.15) is 17.1 Å².